The molecule has 27 heavy (non-hydrogen) atoms. The minimum absolute atomic E-state index is 0.00891. The second-order valence-corrected chi connectivity index (χ2v) is 8.34. The monoisotopic (exact) mass is 392 g/mol. The molecular formula is C18H28N6O2S. The highest BCUT2D eigenvalue weighted by molar-refractivity contribution is 7.13. The molecule has 0 bridgehead atoms. The van der Waals surface area contributed by atoms with Crippen molar-refractivity contribution in [2.24, 2.45) is 11.5 Å². The van der Waals surface area contributed by atoms with E-state index in [1.165, 1.54) is 16.2 Å². The molecule has 2 heterocycles. The van der Waals surface area contributed by atoms with Crippen LogP contribution in [0.2, 0.25) is 0 Å². The number of rotatable bonds is 8. The molecule has 148 valence electrons. The Labute approximate surface area is 163 Å². The maximum Gasteiger partial charge on any atom is 0.234 e. The molecule has 0 unspecified atom stereocenters. The lowest BCUT2D eigenvalue weighted by Gasteiger charge is -2.30. The number of primary amides is 1. The number of hydrogen-bond donors (Lipinski definition) is 4. The molecule has 2 aliphatic rings. The van der Waals surface area contributed by atoms with E-state index in [-0.39, 0.29) is 17.6 Å². The van der Waals surface area contributed by atoms with Crippen LogP contribution >= 0.6 is 11.3 Å². The zero-order chi connectivity index (χ0) is 19.4. The maximum absolute atomic E-state index is 13.3. The number of amides is 1. The number of nitrogens with zero attached hydrogens (tertiary/aromatic N) is 2. The van der Waals surface area contributed by atoms with Gasteiger partial charge in [-0.15, -0.1) is 11.3 Å². The molecule has 1 aliphatic heterocycles. The van der Waals surface area contributed by atoms with Gasteiger partial charge in [0.15, 0.2) is 11.0 Å². The zero-order valence-corrected chi connectivity index (χ0v) is 16.3. The SMILES string of the molecule is N=C(N)NCCC[C@@H](C(=O)c1nc2c(s1)CCCC2)N1CCC[C@H]1C(N)=O. The van der Waals surface area contributed by atoms with Crippen LogP contribution in [-0.4, -0.2) is 52.7 Å². The number of guanidine groups is 1. The Morgan fingerprint density at radius 3 is 2.78 bits per heavy atom. The number of nitrogens with two attached hydrogens (primary N) is 2. The molecule has 1 aliphatic carbocycles. The molecule has 1 saturated heterocycles. The van der Waals surface area contributed by atoms with E-state index in [4.69, 9.17) is 16.9 Å². The minimum atomic E-state index is -0.411. The third-order valence-corrected chi connectivity index (χ3v) is 6.52. The third-order valence-electron chi connectivity index (χ3n) is 5.35. The van der Waals surface area contributed by atoms with Crippen molar-refractivity contribution in [2.45, 2.75) is 63.5 Å². The van der Waals surface area contributed by atoms with Gasteiger partial charge in [-0.1, -0.05) is 0 Å². The van der Waals surface area contributed by atoms with Gasteiger partial charge in [0.05, 0.1) is 17.8 Å². The Balaban J connectivity index is 1.77. The number of hydrogen-bond acceptors (Lipinski definition) is 6. The lowest BCUT2D eigenvalue weighted by atomic mass is 10.0. The average Bonchev–Trinajstić information content (AvgIpc) is 3.27. The number of aryl methyl sites for hydroxylation is 2. The predicted octanol–water partition coefficient (Wildman–Crippen LogP) is 0.786. The van der Waals surface area contributed by atoms with Crippen LogP contribution in [0, 0.1) is 5.41 Å². The summed E-state index contributed by atoms with van der Waals surface area (Å²) in [5.41, 5.74) is 12.0. The number of carbonyl (C=O) groups is 2. The van der Waals surface area contributed by atoms with E-state index in [1.54, 1.807) is 0 Å². The van der Waals surface area contributed by atoms with E-state index in [0.717, 1.165) is 37.8 Å². The normalized spacial score (nSPS) is 20.8. The number of fused-ring (bicyclic) bond motifs is 1. The Morgan fingerprint density at radius 1 is 1.30 bits per heavy atom. The van der Waals surface area contributed by atoms with Crippen molar-refractivity contribution in [1.29, 1.82) is 5.41 Å². The standard InChI is InChI=1S/C18H28N6O2S/c19-16(26)13-7-4-10-24(13)12(6-3-9-22-18(20)21)15(25)17-23-11-5-1-2-8-14(11)27-17/h12-13H,1-10H2,(H2,19,26)(H4,20,21,22)/t12-,13-/m0/s1. The van der Waals surface area contributed by atoms with E-state index in [0.29, 0.717) is 37.4 Å². The van der Waals surface area contributed by atoms with Gasteiger partial charge in [-0.05, 0) is 57.9 Å². The van der Waals surface area contributed by atoms with E-state index in [1.807, 2.05) is 4.90 Å². The molecule has 0 radical (unpaired) electrons. The van der Waals surface area contributed by atoms with Crippen LogP contribution in [0.4, 0.5) is 0 Å². The summed E-state index contributed by atoms with van der Waals surface area (Å²) in [6.07, 6.45) is 7.02. The Bertz CT molecular complexity index is 695. The molecule has 8 nitrogen and oxygen atoms in total. The lowest BCUT2D eigenvalue weighted by Crippen LogP contribution is -2.49. The summed E-state index contributed by atoms with van der Waals surface area (Å²) in [6.45, 7) is 1.21. The van der Waals surface area contributed by atoms with Gasteiger partial charge in [0.2, 0.25) is 11.7 Å². The van der Waals surface area contributed by atoms with Crippen LogP contribution in [0.5, 0.6) is 0 Å². The molecule has 1 aromatic heterocycles. The quantitative estimate of drug-likeness (QED) is 0.223. The minimum Gasteiger partial charge on any atom is -0.370 e. The van der Waals surface area contributed by atoms with Crippen LogP contribution in [0.15, 0.2) is 0 Å². The van der Waals surface area contributed by atoms with E-state index >= 15 is 0 Å². The van der Waals surface area contributed by atoms with E-state index in [2.05, 4.69) is 10.3 Å². The molecule has 3 rings (SSSR count). The first kappa shape index (κ1) is 19.8. The highest BCUT2D eigenvalue weighted by Gasteiger charge is 2.38. The largest absolute Gasteiger partial charge is 0.370 e. The van der Waals surface area contributed by atoms with Crippen LogP contribution < -0.4 is 16.8 Å². The fourth-order valence-electron chi connectivity index (χ4n) is 4.03. The van der Waals surface area contributed by atoms with Crippen LogP contribution in [0.3, 0.4) is 0 Å². The molecule has 2 atom stereocenters. The summed E-state index contributed by atoms with van der Waals surface area (Å²) in [6, 6.07) is -0.805. The summed E-state index contributed by atoms with van der Waals surface area (Å²) in [5.74, 6) is -0.461. The fourth-order valence-corrected chi connectivity index (χ4v) is 5.17. The first-order valence-electron chi connectivity index (χ1n) is 9.63. The molecule has 1 fully saturated rings. The molecule has 9 heteroatoms. The number of Topliss-reactive ketones (excluding diaryl/α,β-unsaturated/α-hetero) is 1. The molecule has 0 aromatic carbocycles. The van der Waals surface area contributed by atoms with Crippen molar-refractivity contribution in [3.63, 3.8) is 0 Å². The van der Waals surface area contributed by atoms with E-state index < -0.39 is 12.1 Å². The van der Waals surface area contributed by atoms with Crippen LogP contribution in [0.1, 0.15) is 58.9 Å². The van der Waals surface area contributed by atoms with Gasteiger partial charge in [0.1, 0.15) is 0 Å². The molecular weight excluding hydrogens is 364 g/mol. The highest BCUT2D eigenvalue weighted by Crippen LogP contribution is 2.30. The summed E-state index contributed by atoms with van der Waals surface area (Å²) in [7, 11) is 0. The number of thiazole rings is 1. The second-order valence-electron chi connectivity index (χ2n) is 7.26. The van der Waals surface area contributed by atoms with Crippen molar-refractivity contribution in [2.75, 3.05) is 13.1 Å². The number of nitrogens with one attached hydrogen (secondary N) is 2. The Kier molecular flexibility index (Phi) is 6.43. The van der Waals surface area contributed by atoms with Crippen LogP contribution in [-0.2, 0) is 17.6 Å². The molecule has 1 aromatic rings. The maximum atomic E-state index is 13.3. The summed E-state index contributed by atoms with van der Waals surface area (Å²) >= 11 is 1.51. The lowest BCUT2D eigenvalue weighted by molar-refractivity contribution is -0.122. The fraction of sp³-hybridized carbons (Fsp3) is 0.667. The summed E-state index contributed by atoms with van der Waals surface area (Å²) in [5, 5.41) is 10.6. The topological polar surface area (TPSA) is 138 Å². The number of likely N-dealkylation sites (tertiary alicyclic amines) is 1. The van der Waals surface area contributed by atoms with Gasteiger partial charge in [-0.2, -0.15) is 0 Å². The van der Waals surface area contributed by atoms with Crippen molar-refractivity contribution < 1.29 is 9.59 Å². The Hall–Kier alpha value is -2.00. The van der Waals surface area contributed by atoms with E-state index in [9.17, 15) is 9.59 Å². The molecule has 6 N–H and O–H groups in total. The number of aromatic nitrogens is 1. The summed E-state index contributed by atoms with van der Waals surface area (Å²) in [4.78, 5) is 33.0. The Morgan fingerprint density at radius 2 is 2.07 bits per heavy atom. The van der Waals surface area contributed by atoms with Crippen molar-refractivity contribution in [3.05, 3.63) is 15.6 Å². The van der Waals surface area contributed by atoms with Gasteiger partial charge in [-0.3, -0.25) is 19.9 Å². The van der Waals surface area contributed by atoms with Gasteiger partial charge in [0.25, 0.3) is 0 Å². The first-order valence-corrected chi connectivity index (χ1v) is 10.4. The van der Waals surface area contributed by atoms with Gasteiger partial charge in [0, 0.05) is 11.4 Å². The predicted molar refractivity (Wildman–Crippen MR) is 105 cm³/mol. The molecule has 0 spiro atoms. The smallest absolute Gasteiger partial charge is 0.234 e. The van der Waals surface area contributed by atoms with Crippen molar-refractivity contribution in [1.82, 2.24) is 15.2 Å². The van der Waals surface area contributed by atoms with Gasteiger partial charge >= 0.3 is 0 Å². The molecule has 0 saturated carbocycles. The average molecular weight is 393 g/mol. The van der Waals surface area contributed by atoms with Crippen LogP contribution in [0.25, 0.3) is 0 Å². The molecule has 1 amide bonds. The number of ketones is 1. The number of carbonyl (C=O) groups excluding carboxylic acids is 2. The van der Waals surface area contributed by atoms with Gasteiger partial charge < -0.3 is 16.8 Å². The van der Waals surface area contributed by atoms with Gasteiger partial charge in [-0.25, -0.2) is 4.98 Å². The first-order chi connectivity index (χ1) is 13.0. The summed E-state index contributed by atoms with van der Waals surface area (Å²) < 4.78 is 0. The van der Waals surface area contributed by atoms with Crippen molar-refractivity contribution in [3.8, 4) is 0 Å². The zero-order valence-electron chi connectivity index (χ0n) is 15.5. The third kappa shape index (κ3) is 4.65. The highest BCUT2D eigenvalue weighted by atomic mass is 32.1. The second kappa shape index (κ2) is 8.79. The van der Waals surface area contributed by atoms with Crippen molar-refractivity contribution >= 4 is 29.0 Å².